The molecule has 0 unspecified atom stereocenters. The van der Waals surface area contributed by atoms with Gasteiger partial charge in [-0.2, -0.15) is 4.98 Å². The number of rotatable bonds is 2. The second-order valence-electron chi connectivity index (χ2n) is 7.73. The van der Waals surface area contributed by atoms with Crippen LogP contribution in [0.1, 0.15) is 32.8 Å². The highest BCUT2D eigenvalue weighted by Gasteiger charge is 2.30. The smallest absolute Gasteiger partial charge is 0.410 e. The Bertz CT molecular complexity index is 904. The molecule has 0 N–H and O–H groups in total. The minimum atomic E-state index is -0.521. The lowest BCUT2D eigenvalue weighted by Gasteiger charge is -2.24. The van der Waals surface area contributed by atoms with Gasteiger partial charge in [0, 0.05) is 37.3 Å². The number of hydrogen-bond donors (Lipinski definition) is 0. The number of ether oxygens (including phenoxy) is 1. The zero-order valence-corrected chi connectivity index (χ0v) is 16.2. The Kier molecular flexibility index (Phi) is 4.92. The predicted octanol–water partition coefficient (Wildman–Crippen LogP) is 3.01. The van der Waals surface area contributed by atoms with Gasteiger partial charge in [0.1, 0.15) is 11.2 Å². The van der Waals surface area contributed by atoms with Crippen LogP contribution in [-0.2, 0) is 11.3 Å². The fourth-order valence-electron chi connectivity index (χ4n) is 3.19. The van der Waals surface area contributed by atoms with E-state index in [9.17, 15) is 9.59 Å². The van der Waals surface area contributed by atoms with E-state index in [1.165, 1.54) is 0 Å². The molecule has 140 valence electrons. The average molecular weight is 379 g/mol. The summed E-state index contributed by atoms with van der Waals surface area (Å²) in [4.78, 5) is 34.7. The van der Waals surface area contributed by atoms with Crippen molar-refractivity contribution in [3.8, 4) is 0 Å². The summed E-state index contributed by atoms with van der Waals surface area (Å²) in [6, 6.07) is 1.58. The van der Waals surface area contributed by atoms with E-state index in [-0.39, 0.29) is 22.9 Å². The van der Waals surface area contributed by atoms with Crippen molar-refractivity contribution >= 4 is 28.7 Å². The molecule has 8 heteroatoms. The lowest BCUT2D eigenvalue weighted by atomic mass is 10.1. The van der Waals surface area contributed by atoms with Crippen molar-refractivity contribution in [2.24, 2.45) is 5.92 Å². The summed E-state index contributed by atoms with van der Waals surface area (Å²) < 4.78 is 7.05. The number of aromatic nitrogens is 3. The van der Waals surface area contributed by atoms with Gasteiger partial charge >= 0.3 is 6.09 Å². The molecule has 1 fully saturated rings. The van der Waals surface area contributed by atoms with Gasteiger partial charge in [-0.1, -0.05) is 0 Å². The Hall–Kier alpha value is -2.15. The highest BCUT2D eigenvalue weighted by molar-refractivity contribution is 6.28. The second kappa shape index (κ2) is 6.87. The predicted molar refractivity (Wildman–Crippen MR) is 99.5 cm³/mol. The van der Waals surface area contributed by atoms with Crippen LogP contribution in [0.2, 0.25) is 5.28 Å². The summed E-state index contributed by atoms with van der Waals surface area (Å²) >= 11 is 5.93. The molecule has 1 aliphatic rings. The molecule has 26 heavy (non-hydrogen) atoms. The third-order valence-electron chi connectivity index (χ3n) is 4.40. The molecule has 2 aromatic heterocycles. The number of carbonyl (C=O) groups excluding carboxylic acids is 1. The van der Waals surface area contributed by atoms with Crippen molar-refractivity contribution in [3.05, 3.63) is 33.5 Å². The van der Waals surface area contributed by atoms with Crippen molar-refractivity contribution in [1.29, 1.82) is 0 Å². The van der Waals surface area contributed by atoms with Gasteiger partial charge in [0.15, 0.2) is 0 Å². The van der Waals surface area contributed by atoms with Crippen LogP contribution in [0, 0.1) is 12.8 Å². The molecule has 0 saturated carbocycles. The Morgan fingerprint density at radius 2 is 2.15 bits per heavy atom. The largest absolute Gasteiger partial charge is 0.444 e. The lowest BCUT2D eigenvalue weighted by Crippen LogP contribution is -2.36. The van der Waals surface area contributed by atoms with E-state index in [2.05, 4.69) is 9.97 Å². The normalized spacial score (nSPS) is 17.7. The summed E-state index contributed by atoms with van der Waals surface area (Å²) in [7, 11) is 0. The van der Waals surface area contributed by atoms with Gasteiger partial charge in [0.05, 0.1) is 0 Å². The highest BCUT2D eigenvalue weighted by Crippen LogP contribution is 2.22. The number of aryl methyl sites for hydroxylation is 1. The summed E-state index contributed by atoms with van der Waals surface area (Å²) in [5.74, 6) is 0.153. The van der Waals surface area contributed by atoms with Crippen molar-refractivity contribution in [3.63, 3.8) is 0 Å². The molecule has 1 atom stereocenters. The number of halogens is 1. The standard InChI is InChI=1S/C18H23ClN4O3/c1-11-7-14(24)23(15-13(11)8-20-16(19)21-15)10-12-5-6-22(9-12)17(25)26-18(2,3)4/h7-8,12H,5-6,9-10H2,1-4H3/t12-/m0/s1. The Balaban J connectivity index is 1.81. The fraction of sp³-hybridized carbons (Fsp3) is 0.556. The van der Waals surface area contributed by atoms with Gasteiger partial charge in [0.2, 0.25) is 5.28 Å². The van der Waals surface area contributed by atoms with Crippen molar-refractivity contribution < 1.29 is 9.53 Å². The van der Waals surface area contributed by atoms with E-state index in [0.717, 1.165) is 17.4 Å². The molecule has 1 amide bonds. The molecule has 0 bridgehead atoms. The number of nitrogens with zero attached hydrogens (tertiary/aromatic N) is 4. The zero-order chi connectivity index (χ0) is 19.1. The maximum Gasteiger partial charge on any atom is 0.410 e. The van der Waals surface area contributed by atoms with E-state index in [1.807, 2.05) is 27.7 Å². The van der Waals surface area contributed by atoms with Crippen LogP contribution in [0.25, 0.3) is 11.0 Å². The molecular formula is C18H23ClN4O3. The Labute approximate surface area is 156 Å². The van der Waals surface area contributed by atoms with Gasteiger partial charge in [-0.25, -0.2) is 9.78 Å². The minimum Gasteiger partial charge on any atom is -0.444 e. The number of hydrogen-bond acceptors (Lipinski definition) is 5. The van der Waals surface area contributed by atoms with Gasteiger partial charge in [-0.15, -0.1) is 0 Å². The molecule has 0 aromatic carbocycles. The molecule has 7 nitrogen and oxygen atoms in total. The first kappa shape index (κ1) is 18.6. The number of carbonyl (C=O) groups is 1. The minimum absolute atomic E-state index is 0.109. The molecule has 3 rings (SSSR count). The Morgan fingerprint density at radius 3 is 2.85 bits per heavy atom. The summed E-state index contributed by atoms with van der Waals surface area (Å²) in [5.41, 5.74) is 0.707. The lowest BCUT2D eigenvalue weighted by molar-refractivity contribution is 0.0287. The molecule has 1 aliphatic heterocycles. The molecule has 0 aliphatic carbocycles. The van der Waals surface area contributed by atoms with Crippen LogP contribution in [0.4, 0.5) is 4.79 Å². The van der Waals surface area contributed by atoms with E-state index < -0.39 is 5.60 Å². The topological polar surface area (TPSA) is 77.3 Å². The van der Waals surface area contributed by atoms with Crippen LogP contribution >= 0.6 is 11.6 Å². The van der Waals surface area contributed by atoms with Crippen LogP contribution in [-0.4, -0.2) is 44.2 Å². The number of pyridine rings is 1. The van der Waals surface area contributed by atoms with Gasteiger partial charge in [-0.05, 0) is 57.2 Å². The third-order valence-corrected chi connectivity index (χ3v) is 4.59. The van der Waals surface area contributed by atoms with Gasteiger partial charge < -0.3 is 9.64 Å². The van der Waals surface area contributed by atoms with Crippen molar-refractivity contribution in [2.75, 3.05) is 13.1 Å². The quantitative estimate of drug-likeness (QED) is 0.750. The molecule has 0 radical (unpaired) electrons. The van der Waals surface area contributed by atoms with E-state index in [4.69, 9.17) is 16.3 Å². The number of fused-ring (bicyclic) bond motifs is 1. The number of likely N-dealkylation sites (tertiary alicyclic amines) is 1. The second-order valence-corrected chi connectivity index (χ2v) is 8.07. The highest BCUT2D eigenvalue weighted by atomic mass is 35.5. The van der Waals surface area contributed by atoms with Crippen molar-refractivity contribution in [1.82, 2.24) is 19.4 Å². The molecule has 0 spiro atoms. The first-order chi connectivity index (χ1) is 12.1. The van der Waals surface area contributed by atoms with E-state index >= 15 is 0 Å². The summed E-state index contributed by atoms with van der Waals surface area (Å²) in [6.45, 7) is 9.04. The SMILES string of the molecule is Cc1cc(=O)n(C[C@H]2CCN(C(=O)OC(C)(C)C)C2)c2nc(Cl)ncc12. The third kappa shape index (κ3) is 3.98. The molecular weight excluding hydrogens is 356 g/mol. The first-order valence-electron chi connectivity index (χ1n) is 8.64. The molecule has 1 saturated heterocycles. The van der Waals surface area contributed by atoms with Gasteiger partial charge in [-0.3, -0.25) is 9.36 Å². The van der Waals surface area contributed by atoms with E-state index in [0.29, 0.717) is 25.3 Å². The van der Waals surface area contributed by atoms with Crippen LogP contribution < -0.4 is 5.56 Å². The zero-order valence-electron chi connectivity index (χ0n) is 15.5. The van der Waals surface area contributed by atoms with Crippen molar-refractivity contribution in [2.45, 2.75) is 46.3 Å². The van der Waals surface area contributed by atoms with E-state index in [1.54, 1.807) is 21.7 Å². The molecule has 3 heterocycles. The Morgan fingerprint density at radius 1 is 1.42 bits per heavy atom. The first-order valence-corrected chi connectivity index (χ1v) is 9.02. The molecule has 2 aromatic rings. The van der Waals surface area contributed by atoms with Gasteiger partial charge in [0.25, 0.3) is 5.56 Å². The average Bonchev–Trinajstić information content (AvgIpc) is 2.98. The summed E-state index contributed by atoms with van der Waals surface area (Å²) in [5, 5.41) is 0.911. The monoisotopic (exact) mass is 378 g/mol. The van der Waals surface area contributed by atoms with Crippen LogP contribution in [0.5, 0.6) is 0 Å². The fourth-order valence-corrected chi connectivity index (χ4v) is 3.32. The maximum atomic E-state index is 12.5. The maximum absolute atomic E-state index is 12.5. The number of amides is 1. The summed E-state index contributed by atoms with van der Waals surface area (Å²) in [6.07, 6.45) is 2.13. The van der Waals surface area contributed by atoms with Crippen LogP contribution in [0.3, 0.4) is 0 Å². The van der Waals surface area contributed by atoms with Crippen LogP contribution in [0.15, 0.2) is 17.1 Å².